The maximum Gasteiger partial charge on any atom is 0.401 e. The lowest BCUT2D eigenvalue weighted by Crippen LogP contribution is -2.32. The van der Waals surface area contributed by atoms with Gasteiger partial charge in [-0.15, -0.1) is 11.3 Å². The molecule has 0 fully saturated rings. The lowest BCUT2D eigenvalue weighted by atomic mass is 10.3. The molecule has 0 amide bonds. The molecule has 0 aromatic carbocycles. The van der Waals surface area contributed by atoms with Gasteiger partial charge in [-0.05, 0) is 24.9 Å². The predicted octanol–water partition coefficient (Wildman–Crippen LogP) is 2.78. The minimum absolute atomic E-state index is 0.444. The molecule has 0 bridgehead atoms. The number of likely N-dealkylation sites (N-methyl/N-ethyl adjacent to an activating group) is 1. The van der Waals surface area contributed by atoms with E-state index in [0.717, 1.165) is 4.88 Å². The van der Waals surface area contributed by atoms with Crippen molar-refractivity contribution in [1.82, 2.24) is 4.90 Å². The highest BCUT2D eigenvalue weighted by molar-refractivity contribution is 7.09. The molecule has 14 heavy (non-hydrogen) atoms. The molecule has 0 radical (unpaired) electrons. The van der Waals surface area contributed by atoms with Crippen LogP contribution in [0.5, 0.6) is 0 Å². The Bertz CT molecular complexity index is 256. The van der Waals surface area contributed by atoms with E-state index in [4.69, 9.17) is 0 Å². The topological polar surface area (TPSA) is 3.24 Å². The van der Waals surface area contributed by atoms with Crippen LogP contribution < -0.4 is 0 Å². The molecule has 0 aliphatic rings. The third-order valence-corrected chi connectivity index (χ3v) is 2.71. The monoisotopic (exact) mass is 223 g/mol. The van der Waals surface area contributed by atoms with Gasteiger partial charge in [-0.25, -0.2) is 0 Å². The Hall–Kier alpha value is -0.550. The summed E-state index contributed by atoms with van der Waals surface area (Å²) in [4.78, 5) is 2.42. The number of alkyl halides is 3. The van der Waals surface area contributed by atoms with Crippen molar-refractivity contribution in [3.63, 3.8) is 0 Å². The minimum Gasteiger partial charge on any atom is -0.298 e. The molecule has 0 unspecified atom stereocenters. The molecule has 0 saturated carbocycles. The molecule has 5 heteroatoms. The number of halogens is 3. The summed E-state index contributed by atoms with van der Waals surface area (Å²) in [6.45, 7) is -0.390. The smallest absolute Gasteiger partial charge is 0.298 e. The number of nitrogens with zero attached hydrogens (tertiary/aromatic N) is 1. The molecule has 0 spiro atoms. The van der Waals surface area contributed by atoms with Crippen LogP contribution in [-0.4, -0.2) is 31.2 Å². The van der Waals surface area contributed by atoms with Gasteiger partial charge in [0.2, 0.25) is 0 Å². The van der Waals surface area contributed by atoms with Crippen molar-refractivity contribution in [3.05, 3.63) is 22.4 Å². The Kier molecular flexibility index (Phi) is 3.95. The van der Waals surface area contributed by atoms with Crippen molar-refractivity contribution in [2.45, 2.75) is 12.6 Å². The Morgan fingerprint density at radius 1 is 1.43 bits per heavy atom. The zero-order chi connectivity index (χ0) is 10.6. The van der Waals surface area contributed by atoms with Crippen LogP contribution in [0.4, 0.5) is 13.2 Å². The van der Waals surface area contributed by atoms with Crippen molar-refractivity contribution in [2.75, 3.05) is 20.1 Å². The lowest BCUT2D eigenvalue weighted by Gasteiger charge is -2.17. The quantitative estimate of drug-likeness (QED) is 0.758. The molecule has 1 aromatic rings. The van der Waals surface area contributed by atoms with Gasteiger partial charge < -0.3 is 0 Å². The highest BCUT2D eigenvalue weighted by Gasteiger charge is 2.28. The van der Waals surface area contributed by atoms with Gasteiger partial charge in [-0.1, -0.05) is 6.07 Å². The van der Waals surface area contributed by atoms with Crippen molar-refractivity contribution in [2.24, 2.45) is 0 Å². The van der Waals surface area contributed by atoms with E-state index < -0.39 is 12.7 Å². The average Bonchev–Trinajstić information content (AvgIpc) is 2.49. The van der Waals surface area contributed by atoms with Gasteiger partial charge in [0, 0.05) is 11.4 Å². The van der Waals surface area contributed by atoms with Crippen LogP contribution in [0.1, 0.15) is 4.88 Å². The lowest BCUT2D eigenvalue weighted by molar-refractivity contribution is -0.142. The normalized spacial score (nSPS) is 12.4. The van der Waals surface area contributed by atoms with Crippen molar-refractivity contribution < 1.29 is 13.2 Å². The zero-order valence-corrected chi connectivity index (χ0v) is 8.66. The van der Waals surface area contributed by atoms with Crippen LogP contribution >= 0.6 is 11.3 Å². The number of thiophene rings is 1. The van der Waals surface area contributed by atoms with Crippen molar-refractivity contribution in [3.8, 4) is 0 Å². The van der Waals surface area contributed by atoms with E-state index in [-0.39, 0.29) is 0 Å². The highest BCUT2D eigenvalue weighted by atomic mass is 32.1. The highest BCUT2D eigenvalue weighted by Crippen LogP contribution is 2.16. The van der Waals surface area contributed by atoms with Gasteiger partial charge in [0.25, 0.3) is 0 Å². The zero-order valence-electron chi connectivity index (χ0n) is 7.84. The maximum atomic E-state index is 11.9. The first-order valence-corrected chi connectivity index (χ1v) is 5.13. The van der Waals surface area contributed by atoms with Gasteiger partial charge in [0.15, 0.2) is 0 Å². The van der Waals surface area contributed by atoms with Gasteiger partial charge in [-0.3, -0.25) is 4.90 Å². The molecular formula is C9H12F3NS. The summed E-state index contributed by atoms with van der Waals surface area (Å²) in [5.74, 6) is 0. The number of hydrogen-bond acceptors (Lipinski definition) is 2. The second-order valence-electron chi connectivity index (χ2n) is 3.18. The summed E-state index contributed by atoms with van der Waals surface area (Å²) >= 11 is 1.57. The van der Waals surface area contributed by atoms with E-state index in [2.05, 4.69) is 0 Å². The minimum atomic E-state index is -4.09. The maximum absolute atomic E-state index is 11.9. The van der Waals surface area contributed by atoms with E-state index in [1.807, 2.05) is 17.5 Å². The van der Waals surface area contributed by atoms with E-state index in [9.17, 15) is 13.2 Å². The summed E-state index contributed by atoms with van der Waals surface area (Å²) in [6.07, 6.45) is -3.41. The SMILES string of the molecule is CN(CCc1cccs1)CC(F)(F)F. The first-order valence-electron chi connectivity index (χ1n) is 4.25. The van der Waals surface area contributed by atoms with E-state index in [1.165, 1.54) is 11.9 Å². The molecule has 0 N–H and O–H groups in total. The molecule has 1 aromatic heterocycles. The first-order chi connectivity index (χ1) is 6.47. The fraction of sp³-hybridized carbons (Fsp3) is 0.556. The van der Waals surface area contributed by atoms with Crippen LogP contribution in [0.2, 0.25) is 0 Å². The Morgan fingerprint density at radius 3 is 2.64 bits per heavy atom. The van der Waals surface area contributed by atoms with Crippen molar-refractivity contribution in [1.29, 1.82) is 0 Å². The largest absolute Gasteiger partial charge is 0.401 e. The van der Waals surface area contributed by atoms with Gasteiger partial charge in [0.1, 0.15) is 0 Å². The average molecular weight is 223 g/mol. The predicted molar refractivity (Wildman–Crippen MR) is 51.6 cm³/mol. The summed E-state index contributed by atoms with van der Waals surface area (Å²) in [5, 5.41) is 1.93. The molecule has 80 valence electrons. The van der Waals surface area contributed by atoms with Crippen molar-refractivity contribution >= 4 is 11.3 Å². The molecule has 0 aliphatic carbocycles. The summed E-state index contributed by atoms with van der Waals surface area (Å²) in [7, 11) is 1.49. The molecule has 0 saturated heterocycles. The standard InChI is InChI=1S/C9H12F3NS/c1-13(7-9(10,11)12)5-4-8-3-2-6-14-8/h2-3,6H,4-5,7H2,1H3. The van der Waals surface area contributed by atoms with Crippen LogP contribution in [-0.2, 0) is 6.42 Å². The van der Waals surface area contributed by atoms with Crippen LogP contribution in [0.15, 0.2) is 17.5 Å². The molecule has 1 heterocycles. The Balaban J connectivity index is 2.25. The second-order valence-corrected chi connectivity index (χ2v) is 4.21. The number of hydrogen-bond donors (Lipinski definition) is 0. The second kappa shape index (κ2) is 4.79. The fourth-order valence-corrected chi connectivity index (χ4v) is 1.84. The third kappa shape index (κ3) is 4.62. The van der Waals surface area contributed by atoms with E-state index >= 15 is 0 Å². The summed E-state index contributed by atoms with van der Waals surface area (Å²) in [6, 6.07) is 3.84. The van der Waals surface area contributed by atoms with E-state index in [1.54, 1.807) is 11.3 Å². The molecule has 1 rings (SSSR count). The van der Waals surface area contributed by atoms with Crippen LogP contribution in [0.25, 0.3) is 0 Å². The van der Waals surface area contributed by atoms with Gasteiger partial charge in [0.05, 0.1) is 6.54 Å². The third-order valence-electron chi connectivity index (χ3n) is 1.77. The Morgan fingerprint density at radius 2 is 2.14 bits per heavy atom. The van der Waals surface area contributed by atoms with Crippen LogP contribution in [0.3, 0.4) is 0 Å². The molecular weight excluding hydrogens is 211 g/mol. The fourth-order valence-electron chi connectivity index (χ4n) is 1.14. The number of rotatable bonds is 4. The molecule has 0 aliphatic heterocycles. The molecule has 0 atom stereocenters. The molecule has 1 nitrogen and oxygen atoms in total. The Labute approximate surface area is 85.2 Å². The van der Waals surface area contributed by atoms with Crippen LogP contribution in [0, 0.1) is 0 Å². The first kappa shape index (κ1) is 11.5. The van der Waals surface area contributed by atoms with Gasteiger partial charge in [-0.2, -0.15) is 13.2 Å². The summed E-state index contributed by atoms with van der Waals surface area (Å²) in [5.41, 5.74) is 0. The summed E-state index contributed by atoms with van der Waals surface area (Å²) < 4.78 is 35.8. The van der Waals surface area contributed by atoms with E-state index in [0.29, 0.717) is 13.0 Å². The van der Waals surface area contributed by atoms with Gasteiger partial charge >= 0.3 is 6.18 Å².